The zero-order valence-corrected chi connectivity index (χ0v) is 14.9. The van der Waals surface area contributed by atoms with Crippen LogP contribution in [0.1, 0.15) is 36.4 Å². The molecule has 0 aliphatic heterocycles. The molecule has 0 aliphatic rings. The average Bonchev–Trinajstić information content (AvgIpc) is 3.20. The molecular formula is C21H24N2O2. The molecule has 25 heavy (non-hydrogen) atoms. The monoisotopic (exact) mass is 336 g/mol. The van der Waals surface area contributed by atoms with Gasteiger partial charge >= 0.3 is 0 Å². The Morgan fingerprint density at radius 3 is 1.88 bits per heavy atom. The normalized spacial score (nSPS) is 13.2. The first kappa shape index (κ1) is 17.1. The molecule has 0 amide bonds. The van der Waals surface area contributed by atoms with Crippen molar-refractivity contribution >= 4 is 0 Å². The van der Waals surface area contributed by atoms with Crippen molar-refractivity contribution in [1.29, 1.82) is 0 Å². The fourth-order valence-corrected chi connectivity index (χ4v) is 3.34. The lowest BCUT2D eigenvalue weighted by atomic mass is 9.85. The third kappa shape index (κ3) is 3.68. The van der Waals surface area contributed by atoms with E-state index >= 15 is 0 Å². The highest BCUT2D eigenvalue weighted by molar-refractivity contribution is 5.35. The van der Waals surface area contributed by atoms with Crippen LogP contribution in [0.25, 0.3) is 0 Å². The van der Waals surface area contributed by atoms with Crippen LogP contribution in [0, 0.1) is 0 Å². The molecule has 130 valence electrons. The molecule has 2 atom stereocenters. The van der Waals surface area contributed by atoms with Crippen LogP contribution < -0.4 is 9.47 Å². The Balaban J connectivity index is 2.01. The largest absolute Gasteiger partial charge is 0.497 e. The van der Waals surface area contributed by atoms with Gasteiger partial charge in [0.2, 0.25) is 0 Å². The van der Waals surface area contributed by atoms with Gasteiger partial charge in [0.1, 0.15) is 11.5 Å². The molecule has 1 heterocycles. The van der Waals surface area contributed by atoms with Crippen molar-refractivity contribution in [2.24, 2.45) is 0 Å². The molecule has 0 fully saturated rings. The van der Waals surface area contributed by atoms with Crippen molar-refractivity contribution in [3.05, 3.63) is 78.4 Å². The highest BCUT2D eigenvalue weighted by Crippen LogP contribution is 2.37. The minimum Gasteiger partial charge on any atom is -0.497 e. The Morgan fingerprint density at radius 1 is 0.880 bits per heavy atom. The van der Waals surface area contributed by atoms with E-state index in [1.54, 1.807) is 14.2 Å². The van der Waals surface area contributed by atoms with E-state index in [1.807, 2.05) is 43.0 Å². The number of nitrogens with zero attached hydrogens (tertiary/aromatic N) is 2. The summed E-state index contributed by atoms with van der Waals surface area (Å²) in [6.07, 6.45) is 6.76. The van der Waals surface area contributed by atoms with Gasteiger partial charge in [0, 0.05) is 18.3 Å². The summed E-state index contributed by atoms with van der Waals surface area (Å²) in [7, 11) is 3.38. The fourth-order valence-electron chi connectivity index (χ4n) is 3.34. The van der Waals surface area contributed by atoms with E-state index in [0.717, 1.165) is 17.9 Å². The molecule has 0 bridgehead atoms. The summed E-state index contributed by atoms with van der Waals surface area (Å²) in [5.41, 5.74) is 2.53. The lowest BCUT2D eigenvalue weighted by Crippen LogP contribution is -2.18. The van der Waals surface area contributed by atoms with Crippen molar-refractivity contribution in [2.75, 3.05) is 14.2 Å². The Bertz CT molecular complexity index is 765. The molecule has 0 saturated carbocycles. The number of aromatic nitrogens is 2. The molecule has 0 radical (unpaired) electrons. The SMILES string of the molecule is CCC(c1ccc(OC)cc1)C(c1ccc(OC)cc1)n1ccnc1. The molecule has 2 aromatic carbocycles. The highest BCUT2D eigenvalue weighted by atomic mass is 16.5. The van der Waals surface area contributed by atoms with Crippen molar-refractivity contribution < 1.29 is 9.47 Å². The first-order chi connectivity index (χ1) is 12.3. The molecule has 3 aromatic rings. The third-order valence-electron chi connectivity index (χ3n) is 4.67. The Labute approximate surface area is 149 Å². The van der Waals surface area contributed by atoms with Gasteiger partial charge in [-0.15, -0.1) is 0 Å². The standard InChI is InChI=1S/C21H24N2O2/c1-4-20(16-5-9-18(24-2)10-6-16)21(23-14-13-22-15-23)17-7-11-19(25-3)12-8-17/h5-15,20-21H,4H2,1-3H3. The van der Waals surface area contributed by atoms with Gasteiger partial charge in [-0.1, -0.05) is 31.2 Å². The van der Waals surface area contributed by atoms with Crippen LogP contribution in [0.3, 0.4) is 0 Å². The summed E-state index contributed by atoms with van der Waals surface area (Å²) in [6, 6.07) is 16.8. The van der Waals surface area contributed by atoms with Gasteiger partial charge in [0.25, 0.3) is 0 Å². The predicted molar refractivity (Wildman–Crippen MR) is 99.4 cm³/mol. The van der Waals surface area contributed by atoms with Crippen molar-refractivity contribution in [1.82, 2.24) is 9.55 Å². The molecular weight excluding hydrogens is 312 g/mol. The number of benzene rings is 2. The van der Waals surface area contributed by atoms with Gasteiger partial charge in [-0.3, -0.25) is 0 Å². The van der Waals surface area contributed by atoms with Crippen molar-refractivity contribution in [2.45, 2.75) is 25.3 Å². The van der Waals surface area contributed by atoms with Crippen LogP contribution >= 0.6 is 0 Å². The van der Waals surface area contributed by atoms with Gasteiger partial charge in [-0.05, 0) is 41.8 Å². The summed E-state index contributed by atoms with van der Waals surface area (Å²) in [6.45, 7) is 2.22. The molecule has 2 unspecified atom stereocenters. The van der Waals surface area contributed by atoms with E-state index in [9.17, 15) is 0 Å². The van der Waals surface area contributed by atoms with E-state index in [4.69, 9.17) is 9.47 Å². The van der Waals surface area contributed by atoms with E-state index < -0.39 is 0 Å². The molecule has 0 saturated heterocycles. The zero-order valence-electron chi connectivity index (χ0n) is 14.9. The van der Waals surface area contributed by atoms with Crippen LogP contribution in [0.5, 0.6) is 11.5 Å². The predicted octanol–water partition coefficient (Wildman–Crippen LogP) is 4.68. The molecule has 0 N–H and O–H groups in total. The maximum atomic E-state index is 5.30. The summed E-state index contributed by atoms with van der Waals surface area (Å²) >= 11 is 0. The summed E-state index contributed by atoms with van der Waals surface area (Å²) < 4.78 is 12.8. The molecule has 4 nitrogen and oxygen atoms in total. The lowest BCUT2D eigenvalue weighted by molar-refractivity contribution is 0.412. The van der Waals surface area contributed by atoms with Gasteiger partial charge in [-0.2, -0.15) is 0 Å². The van der Waals surface area contributed by atoms with Crippen molar-refractivity contribution in [3.63, 3.8) is 0 Å². The number of hydrogen-bond donors (Lipinski definition) is 0. The maximum absolute atomic E-state index is 5.30. The first-order valence-corrected chi connectivity index (χ1v) is 8.52. The maximum Gasteiger partial charge on any atom is 0.118 e. The summed E-state index contributed by atoms with van der Waals surface area (Å²) in [5, 5.41) is 0. The number of methoxy groups -OCH3 is 2. The molecule has 0 aliphatic carbocycles. The third-order valence-corrected chi connectivity index (χ3v) is 4.67. The van der Waals surface area contributed by atoms with Crippen LogP contribution in [0.4, 0.5) is 0 Å². The first-order valence-electron chi connectivity index (χ1n) is 8.52. The van der Waals surface area contributed by atoms with Crippen LogP contribution in [-0.2, 0) is 0 Å². The second-order valence-electron chi connectivity index (χ2n) is 6.02. The molecule has 0 spiro atoms. The summed E-state index contributed by atoms with van der Waals surface area (Å²) in [4.78, 5) is 4.26. The number of rotatable bonds is 7. The summed E-state index contributed by atoms with van der Waals surface area (Å²) in [5.74, 6) is 2.07. The van der Waals surface area contributed by atoms with E-state index in [0.29, 0.717) is 5.92 Å². The second-order valence-corrected chi connectivity index (χ2v) is 6.02. The van der Waals surface area contributed by atoms with Gasteiger partial charge < -0.3 is 14.0 Å². The number of ether oxygens (including phenoxy) is 2. The lowest BCUT2D eigenvalue weighted by Gasteiger charge is -2.28. The molecule has 4 heteroatoms. The van der Waals surface area contributed by atoms with Crippen LogP contribution in [0.15, 0.2) is 67.3 Å². The van der Waals surface area contributed by atoms with E-state index in [2.05, 4.69) is 40.7 Å². The molecule has 3 rings (SSSR count). The van der Waals surface area contributed by atoms with Crippen molar-refractivity contribution in [3.8, 4) is 11.5 Å². The molecule has 1 aromatic heterocycles. The van der Waals surface area contributed by atoms with Crippen LogP contribution in [-0.4, -0.2) is 23.8 Å². The van der Waals surface area contributed by atoms with E-state index in [-0.39, 0.29) is 6.04 Å². The minimum absolute atomic E-state index is 0.173. The smallest absolute Gasteiger partial charge is 0.118 e. The Hall–Kier alpha value is -2.75. The van der Waals surface area contributed by atoms with Crippen LogP contribution in [0.2, 0.25) is 0 Å². The van der Waals surface area contributed by atoms with Gasteiger partial charge in [-0.25, -0.2) is 4.98 Å². The van der Waals surface area contributed by atoms with Gasteiger partial charge in [0.05, 0.1) is 26.6 Å². The van der Waals surface area contributed by atoms with Gasteiger partial charge in [0.15, 0.2) is 0 Å². The number of imidazole rings is 1. The Morgan fingerprint density at radius 2 is 1.44 bits per heavy atom. The zero-order chi connectivity index (χ0) is 17.6. The second kappa shape index (κ2) is 7.88. The van der Waals surface area contributed by atoms with E-state index in [1.165, 1.54) is 11.1 Å². The minimum atomic E-state index is 0.173. The quantitative estimate of drug-likeness (QED) is 0.628. The topological polar surface area (TPSA) is 36.3 Å². The Kier molecular flexibility index (Phi) is 5.39. The average molecular weight is 336 g/mol. The highest BCUT2D eigenvalue weighted by Gasteiger charge is 2.25. The number of hydrogen-bond acceptors (Lipinski definition) is 3. The fraction of sp³-hybridized carbons (Fsp3) is 0.286.